The maximum Gasteiger partial charge on any atom is 0.129 e. The Balaban J connectivity index is 2.04. The molecule has 0 saturated carbocycles. The third-order valence-electron chi connectivity index (χ3n) is 3.31. The normalized spacial score (nSPS) is 12.4. The number of ether oxygens (including phenoxy) is 1. The van der Waals surface area contributed by atoms with Gasteiger partial charge in [0.05, 0.1) is 13.7 Å². The fourth-order valence-corrected chi connectivity index (χ4v) is 2.16. The van der Waals surface area contributed by atoms with Crippen molar-refractivity contribution in [2.75, 3.05) is 7.11 Å². The lowest BCUT2D eigenvalue weighted by atomic mass is 10.0. The van der Waals surface area contributed by atoms with E-state index in [4.69, 9.17) is 14.3 Å². The first-order chi connectivity index (χ1) is 9.63. The lowest BCUT2D eigenvalue weighted by Crippen LogP contribution is -2.18. The molecule has 20 heavy (non-hydrogen) atoms. The molecular weight excluding hydrogens is 254 g/mol. The van der Waals surface area contributed by atoms with Crippen LogP contribution >= 0.6 is 0 Å². The van der Waals surface area contributed by atoms with Crippen molar-refractivity contribution >= 4 is 0 Å². The van der Waals surface area contributed by atoms with Crippen LogP contribution in [0.1, 0.15) is 35.6 Å². The molecule has 0 bridgehead atoms. The monoisotopic (exact) mass is 275 g/mol. The molecule has 1 aromatic heterocycles. The van der Waals surface area contributed by atoms with Crippen LogP contribution in [-0.2, 0) is 13.2 Å². The summed E-state index contributed by atoms with van der Waals surface area (Å²) in [5.74, 6) is 2.28. The third-order valence-corrected chi connectivity index (χ3v) is 3.31. The molecule has 4 nitrogen and oxygen atoms in total. The Hall–Kier alpha value is -1.78. The molecule has 1 aromatic carbocycles. The third kappa shape index (κ3) is 3.40. The number of furan rings is 1. The molecule has 1 heterocycles. The highest BCUT2D eigenvalue weighted by atomic mass is 16.5. The topological polar surface area (TPSA) is 54.6 Å². The van der Waals surface area contributed by atoms with E-state index in [1.807, 2.05) is 18.2 Å². The number of aryl methyl sites for hydroxylation is 1. The van der Waals surface area contributed by atoms with E-state index < -0.39 is 0 Å². The van der Waals surface area contributed by atoms with Gasteiger partial charge in [0, 0.05) is 11.6 Å². The quantitative estimate of drug-likeness (QED) is 0.851. The van der Waals surface area contributed by atoms with Crippen molar-refractivity contribution in [1.29, 1.82) is 0 Å². The summed E-state index contributed by atoms with van der Waals surface area (Å²) in [6.45, 7) is 4.70. The zero-order valence-electron chi connectivity index (χ0n) is 12.1. The molecule has 0 aliphatic carbocycles. The molecule has 4 heteroatoms. The minimum Gasteiger partial charge on any atom is -0.496 e. The van der Waals surface area contributed by atoms with E-state index in [1.54, 1.807) is 13.2 Å². The van der Waals surface area contributed by atoms with Gasteiger partial charge < -0.3 is 19.6 Å². The number of rotatable bonds is 6. The molecule has 0 spiro atoms. The van der Waals surface area contributed by atoms with Crippen molar-refractivity contribution in [2.45, 2.75) is 33.0 Å². The molecule has 2 rings (SSSR count). The minimum atomic E-state index is -0.0682. The van der Waals surface area contributed by atoms with E-state index in [0.717, 1.165) is 17.1 Å². The smallest absolute Gasteiger partial charge is 0.129 e. The van der Waals surface area contributed by atoms with Crippen molar-refractivity contribution in [2.24, 2.45) is 0 Å². The Bertz CT molecular complexity index is 563. The van der Waals surface area contributed by atoms with Gasteiger partial charge in [0.15, 0.2) is 0 Å². The molecule has 1 unspecified atom stereocenters. The number of benzene rings is 1. The number of nitrogens with one attached hydrogen (secondary N) is 1. The summed E-state index contributed by atoms with van der Waals surface area (Å²) in [6.07, 6.45) is 0. The predicted molar refractivity (Wildman–Crippen MR) is 77.6 cm³/mol. The molecular formula is C16H21NO3. The largest absolute Gasteiger partial charge is 0.496 e. The summed E-state index contributed by atoms with van der Waals surface area (Å²) in [7, 11) is 1.68. The van der Waals surface area contributed by atoms with Gasteiger partial charge in [-0.3, -0.25) is 0 Å². The molecule has 1 atom stereocenters. The Morgan fingerprint density at radius 1 is 1.25 bits per heavy atom. The van der Waals surface area contributed by atoms with Crippen LogP contribution in [0.4, 0.5) is 0 Å². The van der Waals surface area contributed by atoms with E-state index in [2.05, 4.69) is 25.2 Å². The number of hydrogen-bond acceptors (Lipinski definition) is 4. The standard InChI is InChI=1S/C16H21NO3/c1-11-4-7-16(19-3)15(8-11)12(2)17-9-13-5-6-14(10-18)20-13/h4-8,12,17-18H,9-10H2,1-3H3. The second kappa shape index (κ2) is 6.59. The summed E-state index contributed by atoms with van der Waals surface area (Å²) in [5, 5.41) is 12.4. The zero-order chi connectivity index (χ0) is 14.5. The molecule has 2 N–H and O–H groups in total. The highest BCUT2D eigenvalue weighted by Crippen LogP contribution is 2.26. The van der Waals surface area contributed by atoms with Gasteiger partial charge in [-0.25, -0.2) is 0 Å². The van der Waals surface area contributed by atoms with Gasteiger partial charge in [-0.1, -0.05) is 17.7 Å². The van der Waals surface area contributed by atoms with Crippen LogP contribution in [0.5, 0.6) is 5.75 Å². The van der Waals surface area contributed by atoms with Crippen LogP contribution < -0.4 is 10.1 Å². The van der Waals surface area contributed by atoms with Gasteiger partial charge in [-0.15, -0.1) is 0 Å². The van der Waals surface area contributed by atoms with E-state index in [-0.39, 0.29) is 12.6 Å². The van der Waals surface area contributed by atoms with Gasteiger partial charge in [-0.05, 0) is 32.0 Å². The lowest BCUT2D eigenvalue weighted by Gasteiger charge is -2.17. The fraction of sp³-hybridized carbons (Fsp3) is 0.375. The SMILES string of the molecule is COc1ccc(C)cc1C(C)NCc1ccc(CO)o1. The summed E-state index contributed by atoms with van der Waals surface area (Å²) in [6, 6.07) is 9.95. The van der Waals surface area contributed by atoms with Crippen LogP contribution in [0.25, 0.3) is 0 Å². The van der Waals surface area contributed by atoms with Crippen molar-refractivity contribution in [3.8, 4) is 5.75 Å². The molecule has 0 saturated heterocycles. The minimum absolute atomic E-state index is 0.0682. The Morgan fingerprint density at radius 2 is 2.00 bits per heavy atom. The van der Waals surface area contributed by atoms with Gasteiger partial charge in [-0.2, -0.15) is 0 Å². The number of aliphatic hydroxyl groups excluding tert-OH is 1. The maximum atomic E-state index is 8.97. The first-order valence-corrected chi connectivity index (χ1v) is 6.70. The first-order valence-electron chi connectivity index (χ1n) is 6.70. The molecule has 0 aliphatic heterocycles. The molecule has 2 aromatic rings. The Labute approximate surface area is 119 Å². The van der Waals surface area contributed by atoms with E-state index in [0.29, 0.717) is 12.3 Å². The van der Waals surface area contributed by atoms with Crippen LogP contribution in [0.3, 0.4) is 0 Å². The highest BCUT2D eigenvalue weighted by molar-refractivity contribution is 5.38. The van der Waals surface area contributed by atoms with Crippen molar-refractivity contribution in [3.05, 3.63) is 53.0 Å². The van der Waals surface area contributed by atoms with E-state index in [9.17, 15) is 0 Å². The second-order valence-corrected chi connectivity index (χ2v) is 4.87. The Kier molecular flexibility index (Phi) is 4.82. The fourth-order valence-electron chi connectivity index (χ4n) is 2.16. The highest BCUT2D eigenvalue weighted by Gasteiger charge is 2.12. The molecule has 0 amide bonds. The van der Waals surface area contributed by atoms with Gasteiger partial charge in [0.25, 0.3) is 0 Å². The summed E-state index contributed by atoms with van der Waals surface area (Å²) >= 11 is 0. The van der Waals surface area contributed by atoms with Gasteiger partial charge in [0.2, 0.25) is 0 Å². The summed E-state index contributed by atoms with van der Waals surface area (Å²) in [5.41, 5.74) is 2.33. The molecule has 0 aliphatic rings. The number of hydrogen-bond donors (Lipinski definition) is 2. The number of methoxy groups -OCH3 is 1. The van der Waals surface area contributed by atoms with Crippen LogP contribution in [0.15, 0.2) is 34.7 Å². The molecule has 108 valence electrons. The van der Waals surface area contributed by atoms with Crippen LogP contribution in [0, 0.1) is 6.92 Å². The summed E-state index contributed by atoms with van der Waals surface area (Å²) in [4.78, 5) is 0. The molecule has 0 radical (unpaired) electrons. The van der Waals surface area contributed by atoms with Gasteiger partial charge in [0.1, 0.15) is 23.9 Å². The maximum absolute atomic E-state index is 8.97. The zero-order valence-corrected chi connectivity index (χ0v) is 12.1. The average molecular weight is 275 g/mol. The van der Waals surface area contributed by atoms with Crippen LogP contribution in [-0.4, -0.2) is 12.2 Å². The Morgan fingerprint density at radius 3 is 2.65 bits per heavy atom. The average Bonchev–Trinajstić information content (AvgIpc) is 2.92. The van der Waals surface area contributed by atoms with Gasteiger partial charge >= 0.3 is 0 Å². The van der Waals surface area contributed by atoms with E-state index in [1.165, 1.54) is 5.56 Å². The lowest BCUT2D eigenvalue weighted by molar-refractivity contribution is 0.242. The van der Waals surface area contributed by atoms with Crippen LogP contribution in [0.2, 0.25) is 0 Å². The predicted octanol–water partition coefficient (Wildman–Crippen LogP) is 2.94. The van der Waals surface area contributed by atoms with Crippen molar-refractivity contribution in [3.63, 3.8) is 0 Å². The molecule has 0 fully saturated rings. The summed E-state index contributed by atoms with van der Waals surface area (Å²) < 4.78 is 10.9. The van der Waals surface area contributed by atoms with E-state index >= 15 is 0 Å². The van der Waals surface area contributed by atoms with Crippen molar-refractivity contribution < 1.29 is 14.3 Å². The second-order valence-electron chi connectivity index (χ2n) is 4.87. The van der Waals surface area contributed by atoms with Crippen molar-refractivity contribution in [1.82, 2.24) is 5.32 Å². The first kappa shape index (κ1) is 14.6. The number of aliphatic hydroxyl groups is 1.